The van der Waals surface area contributed by atoms with Gasteiger partial charge in [0, 0.05) is 18.3 Å². The number of halogens is 1. The minimum atomic E-state index is -0.0405. The minimum Gasteiger partial charge on any atom is -0.293 e. The number of nitrogens with zero attached hydrogens (tertiary/aromatic N) is 4. The van der Waals surface area contributed by atoms with Gasteiger partial charge in [-0.3, -0.25) is 14.0 Å². The molecule has 0 aliphatic heterocycles. The second-order valence-electron chi connectivity index (χ2n) is 4.37. The molecule has 102 valence electrons. The van der Waals surface area contributed by atoms with Gasteiger partial charge in [-0.15, -0.1) is 0 Å². The van der Waals surface area contributed by atoms with Gasteiger partial charge in [-0.1, -0.05) is 6.92 Å². The highest BCUT2D eigenvalue weighted by Crippen LogP contribution is 2.22. The lowest BCUT2D eigenvalue weighted by atomic mass is 10.3. The lowest BCUT2D eigenvalue weighted by Crippen LogP contribution is -2.22. The van der Waals surface area contributed by atoms with E-state index in [1.165, 1.54) is 0 Å². The largest absolute Gasteiger partial charge is 0.293 e. The van der Waals surface area contributed by atoms with Crippen LogP contribution < -0.4 is 5.56 Å². The van der Waals surface area contributed by atoms with Crippen LogP contribution >= 0.6 is 15.9 Å². The molecule has 19 heavy (non-hydrogen) atoms. The number of hydrogen-bond donors (Lipinski definition) is 0. The van der Waals surface area contributed by atoms with Gasteiger partial charge >= 0.3 is 0 Å². The average molecular weight is 325 g/mol. The highest BCUT2D eigenvalue weighted by molar-refractivity contribution is 9.10. The molecule has 2 heterocycles. The molecule has 0 aliphatic carbocycles. The van der Waals surface area contributed by atoms with E-state index in [2.05, 4.69) is 32.9 Å². The summed E-state index contributed by atoms with van der Waals surface area (Å²) in [5, 5.41) is 4.52. The summed E-state index contributed by atoms with van der Waals surface area (Å²) < 4.78 is 4.51. The van der Waals surface area contributed by atoms with Crippen molar-refractivity contribution in [3.05, 3.63) is 44.3 Å². The molecular formula is C13H17BrN4O. The Labute approximate surface area is 120 Å². The van der Waals surface area contributed by atoms with Crippen LogP contribution in [0.2, 0.25) is 0 Å². The van der Waals surface area contributed by atoms with Crippen LogP contribution in [0.3, 0.4) is 0 Å². The van der Waals surface area contributed by atoms with Crippen molar-refractivity contribution >= 4 is 15.9 Å². The molecule has 2 aromatic heterocycles. The van der Waals surface area contributed by atoms with Crippen molar-refractivity contribution in [1.82, 2.24) is 19.3 Å². The summed E-state index contributed by atoms with van der Waals surface area (Å²) in [6.45, 7) is 7.18. The SMILES string of the molecule is CCc1nn(CC)c(Cn2cnc(C)cc2=O)c1Br. The third kappa shape index (κ3) is 2.78. The molecule has 0 N–H and O–H groups in total. The van der Waals surface area contributed by atoms with Crippen LogP contribution in [0, 0.1) is 6.92 Å². The fraction of sp³-hybridized carbons (Fsp3) is 0.462. The monoisotopic (exact) mass is 324 g/mol. The Kier molecular flexibility index (Phi) is 4.19. The number of hydrogen-bond acceptors (Lipinski definition) is 3. The van der Waals surface area contributed by atoms with Crippen molar-refractivity contribution in [2.75, 3.05) is 0 Å². The predicted octanol–water partition coefficient (Wildman–Crippen LogP) is 2.14. The summed E-state index contributed by atoms with van der Waals surface area (Å²) in [5.41, 5.74) is 2.72. The topological polar surface area (TPSA) is 52.7 Å². The quantitative estimate of drug-likeness (QED) is 0.865. The molecule has 0 saturated heterocycles. The molecule has 6 heteroatoms. The normalized spacial score (nSPS) is 10.9. The lowest BCUT2D eigenvalue weighted by molar-refractivity contribution is 0.585. The van der Waals surface area contributed by atoms with Gasteiger partial charge in [0.2, 0.25) is 0 Å². The third-order valence-electron chi connectivity index (χ3n) is 3.03. The summed E-state index contributed by atoms with van der Waals surface area (Å²) in [5.74, 6) is 0. The van der Waals surface area contributed by atoms with E-state index >= 15 is 0 Å². The van der Waals surface area contributed by atoms with Crippen LogP contribution in [-0.4, -0.2) is 19.3 Å². The van der Waals surface area contributed by atoms with Gasteiger partial charge in [0.25, 0.3) is 5.56 Å². The summed E-state index contributed by atoms with van der Waals surface area (Å²) in [6.07, 6.45) is 2.45. The molecule has 0 aromatic carbocycles. The Morgan fingerprint density at radius 2 is 2.11 bits per heavy atom. The van der Waals surface area contributed by atoms with Gasteiger partial charge in [-0.2, -0.15) is 5.10 Å². The maximum Gasteiger partial charge on any atom is 0.253 e. The third-order valence-corrected chi connectivity index (χ3v) is 3.95. The van der Waals surface area contributed by atoms with E-state index in [-0.39, 0.29) is 5.56 Å². The number of aromatic nitrogens is 4. The first-order valence-electron chi connectivity index (χ1n) is 6.34. The van der Waals surface area contributed by atoms with Crippen LogP contribution in [0.25, 0.3) is 0 Å². The standard InChI is InChI=1S/C13H17BrN4O/c1-4-10-13(14)11(18(5-2)16-10)7-17-8-15-9(3)6-12(17)19/h6,8H,4-5,7H2,1-3H3. The van der Waals surface area contributed by atoms with Gasteiger partial charge in [0.05, 0.1) is 28.7 Å². The predicted molar refractivity (Wildman–Crippen MR) is 77.3 cm³/mol. The van der Waals surface area contributed by atoms with Gasteiger partial charge in [-0.05, 0) is 36.2 Å². The summed E-state index contributed by atoms with van der Waals surface area (Å²) in [7, 11) is 0. The maximum absolute atomic E-state index is 11.9. The van der Waals surface area contributed by atoms with Crippen LogP contribution in [0.15, 0.2) is 21.7 Å². The minimum absolute atomic E-state index is 0.0405. The first-order valence-corrected chi connectivity index (χ1v) is 7.13. The van der Waals surface area contributed by atoms with E-state index in [4.69, 9.17) is 0 Å². The van der Waals surface area contributed by atoms with Crippen molar-refractivity contribution in [1.29, 1.82) is 0 Å². The van der Waals surface area contributed by atoms with Crippen molar-refractivity contribution in [3.8, 4) is 0 Å². The molecule has 0 unspecified atom stereocenters. The fourth-order valence-corrected chi connectivity index (χ4v) is 2.65. The van der Waals surface area contributed by atoms with E-state index in [0.717, 1.165) is 34.5 Å². The zero-order valence-electron chi connectivity index (χ0n) is 11.4. The van der Waals surface area contributed by atoms with E-state index in [0.29, 0.717) is 6.54 Å². The second kappa shape index (κ2) is 5.69. The van der Waals surface area contributed by atoms with Crippen LogP contribution in [0.4, 0.5) is 0 Å². The Bertz CT molecular complexity index is 645. The second-order valence-corrected chi connectivity index (χ2v) is 5.17. The molecule has 0 spiro atoms. The molecule has 0 fully saturated rings. The van der Waals surface area contributed by atoms with E-state index in [9.17, 15) is 4.79 Å². The molecule has 0 aliphatic rings. The van der Waals surface area contributed by atoms with Crippen molar-refractivity contribution < 1.29 is 0 Å². The van der Waals surface area contributed by atoms with E-state index in [1.807, 2.05) is 18.5 Å². The fourth-order valence-electron chi connectivity index (χ4n) is 1.96. The first-order chi connectivity index (χ1) is 9.06. The van der Waals surface area contributed by atoms with Gasteiger partial charge in [0.1, 0.15) is 0 Å². The average Bonchev–Trinajstić information content (AvgIpc) is 2.69. The van der Waals surface area contributed by atoms with Crippen LogP contribution in [0.5, 0.6) is 0 Å². The maximum atomic E-state index is 11.9. The molecule has 0 amide bonds. The molecule has 5 nitrogen and oxygen atoms in total. The zero-order chi connectivity index (χ0) is 14.0. The number of rotatable bonds is 4. The Balaban J connectivity index is 2.42. The van der Waals surface area contributed by atoms with Crippen LogP contribution in [0.1, 0.15) is 30.9 Å². The zero-order valence-corrected chi connectivity index (χ0v) is 12.9. The Hall–Kier alpha value is -1.43. The van der Waals surface area contributed by atoms with Crippen molar-refractivity contribution in [2.45, 2.75) is 40.3 Å². The number of aryl methyl sites for hydroxylation is 3. The molecule has 0 bridgehead atoms. The van der Waals surface area contributed by atoms with Crippen LogP contribution in [-0.2, 0) is 19.5 Å². The highest BCUT2D eigenvalue weighted by atomic mass is 79.9. The van der Waals surface area contributed by atoms with Crippen molar-refractivity contribution in [2.24, 2.45) is 0 Å². The summed E-state index contributed by atoms with van der Waals surface area (Å²) in [6, 6.07) is 1.54. The van der Waals surface area contributed by atoms with E-state index in [1.54, 1.807) is 17.0 Å². The Morgan fingerprint density at radius 3 is 2.68 bits per heavy atom. The molecule has 2 rings (SSSR count). The first kappa shape index (κ1) is 14.0. The molecule has 0 atom stereocenters. The van der Waals surface area contributed by atoms with E-state index < -0.39 is 0 Å². The molecule has 0 radical (unpaired) electrons. The lowest BCUT2D eigenvalue weighted by Gasteiger charge is -2.08. The Morgan fingerprint density at radius 1 is 1.37 bits per heavy atom. The molecule has 0 saturated carbocycles. The van der Waals surface area contributed by atoms with Gasteiger partial charge in [0.15, 0.2) is 0 Å². The van der Waals surface area contributed by atoms with Crippen molar-refractivity contribution in [3.63, 3.8) is 0 Å². The summed E-state index contributed by atoms with van der Waals surface area (Å²) >= 11 is 3.58. The van der Waals surface area contributed by atoms with Gasteiger partial charge in [-0.25, -0.2) is 4.98 Å². The molecular weight excluding hydrogens is 308 g/mol. The highest BCUT2D eigenvalue weighted by Gasteiger charge is 2.14. The molecule has 2 aromatic rings. The van der Waals surface area contributed by atoms with Gasteiger partial charge < -0.3 is 0 Å². The summed E-state index contributed by atoms with van der Waals surface area (Å²) in [4.78, 5) is 16.1. The smallest absolute Gasteiger partial charge is 0.253 e.